The Balaban J connectivity index is 1.80. The van der Waals surface area contributed by atoms with E-state index in [1.807, 2.05) is 105 Å². The Morgan fingerprint density at radius 2 is 1.56 bits per heavy atom. The lowest BCUT2D eigenvalue weighted by Crippen LogP contribution is -2.41. The summed E-state index contributed by atoms with van der Waals surface area (Å²) in [4.78, 5) is 14.4. The third-order valence-electron chi connectivity index (χ3n) is 5.41. The minimum absolute atomic E-state index is 0.0272. The number of allylic oxidation sites excluding steroid dienone is 1. The molecule has 0 saturated heterocycles. The second-order valence-corrected chi connectivity index (χ2v) is 8.00. The van der Waals surface area contributed by atoms with Crippen LogP contribution in [0.1, 0.15) is 43.5 Å². The molecule has 0 spiro atoms. The number of hydrogen-bond donors (Lipinski definition) is 1. The topological polar surface area (TPSA) is 59.0 Å². The van der Waals surface area contributed by atoms with Gasteiger partial charge in [-0.3, -0.25) is 4.79 Å². The predicted molar refractivity (Wildman–Crippen MR) is 136 cm³/mol. The molecule has 1 atom stereocenters. The van der Waals surface area contributed by atoms with Crippen molar-refractivity contribution in [3.63, 3.8) is 0 Å². The minimum Gasteiger partial charge on any atom is -0.490 e. The Hall–Kier alpha value is -3.57. The lowest BCUT2D eigenvalue weighted by Gasteiger charge is -2.33. The van der Waals surface area contributed by atoms with Crippen molar-refractivity contribution in [2.45, 2.75) is 32.9 Å². The number of hydrogen-bond acceptors (Lipinski definition) is 4. The van der Waals surface area contributed by atoms with Crippen molar-refractivity contribution in [3.05, 3.63) is 102 Å². The van der Waals surface area contributed by atoms with Gasteiger partial charge in [0.15, 0.2) is 11.5 Å². The Morgan fingerprint density at radius 1 is 0.941 bits per heavy atom. The number of ether oxygens (including phenoxy) is 2. The number of amides is 1. The maximum atomic E-state index is 12.7. The van der Waals surface area contributed by atoms with E-state index in [9.17, 15) is 9.90 Å². The molecular formula is C29H33NO4. The highest BCUT2D eigenvalue weighted by atomic mass is 16.5. The van der Waals surface area contributed by atoms with Gasteiger partial charge in [0, 0.05) is 6.92 Å². The molecule has 3 aromatic carbocycles. The van der Waals surface area contributed by atoms with Crippen LogP contribution in [0.4, 0.5) is 0 Å². The van der Waals surface area contributed by atoms with Crippen LogP contribution in [0.2, 0.25) is 0 Å². The second-order valence-electron chi connectivity index (χ2n) is 8.00. The van der Waals surface area contributed by atoms with Crippen molar-refractivity contribution >= 4 is 12.0 Å². The Kier molecular flexibility index (Phi) is 9.30. The van der Waals surface area contributed by atoms with E-state index in [0.717, 1.165) is 16.7 Å². The summed E-state index contributed by atoms with van der Waals surface area (Å²) in [6.45, 7) is 6.06. The fourth-order valence-electron chi connectivity index (χ4n) is 3.91. The zero-order valence-corrected chi connectivity index (χ0v) is 20.1. The van der Waals surface area contributed by atoms with Crippen LogP contribution >= 0.6 is 0 Å². The number of rotatable bonds is 11. The first-order valence-electron chi connectivity index (χ1n) is 11.6. The van der Waals surface area contributed by atoms with Gasteiger partial charge in [0.05, 0.1) is 19.2 Å². The molecule has 178 valence electrons. The lowest BCUT2D eigenvalue weighted by molar-refractivity contribution is -0.132. The van der Waals surface area contributed by atoms with Crippen LogP contribution in [0.5, 0.6) is 11.5 Å². The standard InChI is InChI=1S/C29H33NO4/c1-4-12-23-17-18-27(33-5-2)28(19-23)34-21-26(32)20-30(22(3)31)29(24-13-8-6-9-14-24)25-15-10-7-11-16-25/h4,6-19,26,29,32H,5,20-21H2,1-3H3. The van der Waals surface area contributed by atoms with Gasteiger partial charge in [0.2, 0.25) is 5.91 Å². The van der Waals surface area contributed by atoms with E-state index in [-0.39, 0.29) is 25.1 Å². The molecule has 0 heterocycles. The van der Waals surface area contributed by atoms with Gasteiger partial charge < -0.3 is 19.5 Å². The summed E-state index contributed by atoms with van der Waals surface area (Å²) in [5.41, 5.74) is 2.94. The fraction of sp³-hybridized carbons (Fsp3) is 0.276. The molecule has 0 aliphatic heterocycles. The van der Waals surface area contributed by atoms with Crippen molar-refractivity contribution in [3.8, 4) is 11.5 Å². The average molecular weight is 460 g/mol. The highest BCUT2D eigenvalue weighted by Gasteiger charge is 2.27. The summed E-state index contributed by atoms with van der Waals surface area (Å²) in [5.74, 6) is 1.06. The predicted octanol–water partition coefficient (Wildman–Crippen LogP) is 5.50. The van der Waals surface area contributed by atoms with Gasteiger partial charge in [-0.1, -0.05) is 78.9 Å². The van der Waals surface area contributed by atoms with Crippen LogP contribution in [0.25, 0.3) is 6.08 Å². The van der Waals surface area contributed by atoms with E-state index >= 15 is 0 Å². The highest BCUT2D eigenvalue weighted by Crippen LogP contribution is 2.31. The van der Waals surface area contributed by atoms with Crippen LogP contribution in [-0.2, 0) is 4.79 Å². The molecule has 0 aromatic heterocycles. The van der Waals surface area contributed by atoms with E-state index in [1.165, 1.54) is 6.92 Å². The molecule has 5 nitrogen and oxygen atoms in total. The molecule has 5 heteroatoms. The molecule has 34 heavy (non-hydrogen) atoms. The molecule has 0 radical (unpaired) electrons. The molecule has 3 rings (SSSR count). The van der Waals surface area contributed by atoms with Gasteiger partial charge in [0.25, 0.3) is 0 Å². The van der Waals surface area contributed by atoms with Crippen molar-refractivity contribution in [2.24, 2.45) is 0 Å². The highest BCUT2D eigenvalue weighted by molar-refractivity contribution is 5.74. The van der Waals surface area contributed by atoms with Crippen molar-refractivity contribution in [1.29, 1.82) is 0 Å². The molecular weight excluding hydrogens is 426 g/mol. The number of aliphatic hydroxyl groups excluding tert-OH is 1. The fourth-order valence-corrected chi connectivity index (χ4v) is 3.91. The number of nitrogens with zero attached hydrogens (tertiary/aromatic N) is 1. The third kappa shape index (κ3) is 6.72. The molecule has 3 aromatic rings. The average Bonchev–Trinajstić information content (AvgIpc) is 2.85. The Bertz CT molecular complexity index is 1030. The van der Waals surface area contributed by atoms with Crippen molar-refractivity contribution < 1.29 is 19.4 Å². The normalized spacial score (nSPS) is 12.0. The second kappa shape index (κ2) is 12.6. The first-order valence-corrected chi connectivity index (χ1v) is 11.6. The van der Waals surface area contributed by atoms with Crippen LogP contribution in [0, 0.1) is 0 Å². The van der Waals surface area contributed by atoms with Gasteiger partial charge in [-0.2, -0.15) is 0 Å². The monoisotopic (exact) mass is 459 g/mol. The first-order chi connectivity index (χ1) is 16.5. The SMILES string of the molecule is CC=Cc1ccc(OCC)c(OCC(O)CN(C(C)=O)C(c2ccccc2)c2ccccc2)c1. The first kappa shape index (κ1) is 25.1. The van der Waals surface area contributed by atoms with Crippen LogP contribution in [0.15, 0.2) is 84.9 Å². The summed E-state index contributed by atoms with van der Waals surface area (Å²) >= 11 is 0. The molecule has 0 fully saturated rings. The summed E-state index contributed by atoms with van der Waals surface area (Å²) in [5, 5.41) is 10.9. The molecule has 0 saturated carbocycles. The Labute approximate surface area is 202 Å². The number of carbonyl (C=O) groups excluding carboxylic acids is 1. The molecule has 1 unspecified atom stereocenters. The third-order valence-corrected chi connectivity index (χ3v) is 5.41. The molecule has 1 N–H and O–H groups in total. The zero-order valence-electron chi connectivity index (χ0n) is 20.1. The molecule has 0 aliphatic rings. The maximum absolute atomic E-state index is 12.7. The van der Waals surface area contributed by atoms with E-state index in [0.29, 0.717) is 18.1 Å². The van der Waals surface area contributed by atoms with Crippen LogP contribution in [-0.4, -0.2) is 41.8 Å². The zero-order chi connectivity index (χ0) is 24.3. The number of aliphatic hydroxyl groups is 1. The van der Waals surface area contributed by atoms with Crippen LogP contribution < -0.4 is 9.47 Å². The van der Waals surface area contributed by atoms with E-state index in [2.05, 4.69) is 0 Å². The van der Waals surface area contributed by atoms with E-state index in [4.69, 9.17) is 9.47 Å². The minimum atomic E-state index is -0.890. The summed E-state index contributed by atoms with van der Waals surface area (Å²) in [7, 11) is 0. The molecule has 0 aliphatic carbocycles. The van der Waals surface area contributed by atoms with Gasteiger partial charge in [-0.15, -0.1) is 0 Å². The summed E-state index contributed by atoms with van der Waals surface area (Å²) < 4.78 is 11.6. The number of benzene rings is 3. The van der Waals surface area contributed by atoms with E-state index < -0.39 is 6.10 Å². The van der Waals surface area contributed by atoms with Gasteiger partial charge >= 0.3 is 0 Å². The van der Waals surface area contributed by atoms with Gasteiger partial charge in [-0.05, 0) is 42.7 Å². The lowest BCUT2D eigenvalue weighted by atomic mass is 9.96. The Morgan fingerprint density at radius 3 is 2.09 bits per heavy atom. The number of carbonyl (C=O) groups is 1. The van der Waals surface area contributed by atoms with Gasteiger partial charge in [-0.25, -0.2) is 0 Å². The van der Waals surface area contributed by atoms with E-state index in [1.54, 1.807) is 4.90 Å². The smallest absolute Gasteiger partial charge is 0.220 e. The molecule has 1 amide bonds. The summed E-state index contributed by atoms with van der Waals surface area (Å²) in [6.07, 6.45) is 3.03. The quantitative estimate of drug-likeness (QED) is 0.412. The maximum Gasteiger partial charge on any atom is 0.220 e. The van der Waals surface area contributed by atoms with Gasteiger partial charge in [0.1, 0.15) is 12.7 Å². The van der Waals surface area contributed by atoms with Crippen molar-refractivity contribution in [1.82, 2.24) is 4.90 Å². The summed E-state index contributed by atoms with van der Waals surface area (Å²) in [6, 6.07) is 25.1. The van der Waals surface area contributed by atoms with Crippen LogP contribution in [0.3, 0.4) is 0 Å². The largest absolute Gasteiger partial charge is 0.490 e. The molecule has 0 bridgehead atoms. The van der Waals surface area contributed by atoms with Crippen molar-refractivity contribution in [2.75, 3.05) is 19.8 Å².